The molecule has 142 valence electrons. The average Bonchev–Trinajstić information content (AvgIpc) is 3.10. The Bertz CT molecular complexity index is 735. The lowest BCUT2D eigenvalue weighted by molar-refractivity contribution is -0.137. The smallest absolute Gasteiger partial charge is 0.219 e. The zero-order chi connectivity index (χ0) is 18.7. The predicted molar refractivity (Wildman–Crippen MR) is 94.3 cm³/mol. The van der Waals surface area contributed by atoms with Gasteiger partial charge in [-0.05, 0) is 48.0 Å². The summed E-state index contributed by atoms with van der Waals surface area (Å²) in [7, 11) is 0. The highest BCUT2D eigenvalue weighted by Crippen LogP contribution is 2.70. The van der Waals surface area contributed by atoms with E-state index < -0.39 is 17.7 Å². The highest BCUT2D eigenvalue weighted by atomic mass is 19.2. The summed E-state index contributed by atoms with van der Waals surface area (Å²) in [6, 6.07) is 4.38. The minimum Gasteiger partial charge on any atom is -0.373 e. The number of rotatable bonds is 3. The molecule has 1 unspecified atom stereocenters. The molecule has 1 N–H and O–H groups in total. The van der Waals surface area contributed by atoms with Crippen molar-refractivity contribution < 1.29 is 18.3 Å². The number of nitrogens with one attached hydrogen (secondary N) is 1. The van der Waals surface area contributed by atoms with E-state index in [2.05, 4.69) is 19.2 Å². The monoisotopic (exact) mass is 363 g/mol. The lowest BCUT2D eigenvalue weighted by atomic mass is 9.58. The second-order valence-corrected chi connectivity index (χ2v) is 8.84. The fourth-order valence-electron chi connectivity index (χ4n) is 6.10. The van der Waals surface area contributed by atoms with E-state index in [0.29, 0.717) is 24.5 Å². The molecule has 0 aromatic heterocycles. The molecule has 2 saturated carbocycles. The number of fused-ring (bicyclic) bond motifs is 1. The Morgan fingerprint density at radius 3 is 2.85 bits per heavy atom. The number of carbonyl (C=O) groups excluding carboxylic acids is 1. The maximum absolute atomic E-state index is 14.5. The summed E-state index contributed by atoms with van der Waals surface area (Å²) in [6.45, 7) is 6.84. The fourth-order valence-corrected chi connectivity index (χ4v) is 6.10. The Kier molecular flexibility index (Phi) is 4.14. The van der Waals surface area contributed by atoms with Crippen molar-refractivity contribution in [1.29, 1.82) is 0 Å². The number of carbonyl (C=O) groups is 1. The molecule has 1 aromatic carbocycles. The standard InChI is InChI=1S/C21H27F2NO2/c1-4-16(25)24-19-20(2,3)12-10-14-18(26-9-8-21(14,19)11-12)13-6-5-7-15(22)17(13)23/h5-7,12,14,18-19H,4,8-11H2,1-3H3,(H,24,25)/t12-,14-,18-,19+,21?/m1/s1. The van der Waals surface area contributed by atoms with E-state index in [1.807, 2.05) is 6.92 Å². The predicted octanol–water partition coefficient (Wildman–Crippen LogP) is 4.37. The molecule has 1 aliphatic heterocycles. The van der Waals surface area contributed by atoms with Gasteiger partial charge in [0.25, 0.3) is 0 Å². The van der Waals surface area contributed by atoms with Crippen LogP contribution in [-0.4, -0.2) is 18.6 Å². The zero-order valence-corrected chi connectivity index (χ0v) is 15.6. The van der Waals surface area contributed by atoms with Gasteiger partial charge in [0.15, 0.2) is 11.6 Å². The van der Waals surface area contributed by atoms with Crippen molar-refractivity contribution in [2.24, 2.45) is 22.7 Å². The summed E-state index contributed by atoms with van der Waals surface area (Å²) >= 11 is 0. The first kappa shape index (κ1) is 17.9. The molecule has 4 rings (SSSR count). The van der Waals surface area contributed by atoms with Gasteiger partial charge in [0.1, 0.15) is 0 Å². The van der Waals surface area contributed by atoms with Crippen LogP contribution in [0.2, 0.25) is 0 Å². The molecular weight excluding hydrogens is 336 g/mol. The minimum absolute atomic E-state index is 0.00367. The number of hydrogen-bond acceptors (Lipinski definition) is 2. The van der Waals surface area contributed by atoms with Gasteiger partial charge in [-0.3, -0.25) is 4.79 Å². The van der Waals surface area contributed by atoms with Crippen molar-refractivity contribution >= 4 is 5.91 Å². The largest absolute Gasteiger partial charge is 0.373 e. The van der Waals surface area contributed by atoms with Crippen LogP contribution in [0, 0.1) is 34.3 Å². The highest BCUT2D eigenvalue weighted by molar-refractivity contribution is 5.76. The molecule has 0 radical (unpaired) electrons. The van der Waals surface area contributed by atoms with Gasteiger partial charge in [-0.2, -0.15) is 0 Å². The van der Waals surface area contributed by atoms with E-state index in [9.17, 15) is 13.6 Å². The maximum atomic E-state index is 14.5. The fraction of sp³-hybridized carbons (Fsp3) is 0.667. The quantitative estimate of drug-likeness (QED) is 0.866. The van der Waals surface area contributed by atoms with Crippen LogP contribution in [0.5, 0.6) is 0 Å². The van der Waals surface area contributed by atoms with Gasteiger partial charge >= 0.3 is 0 Å². The van der Waals surface area contributed by atoms with Crippen molar-refractivity contribution in [2.45, 2.75) is 58.6 Å². The van der Waals surface area contributed by atoms with Crippen molar-refractivity contribution in [1.82, 2.24) is 5.32 Å². The number of benzene rings is 1. The van der Waals surface area contributed by atoms with Gasteiger partial charge in [0.05, 0.1) is 6.10 Å². The summed E-state index contributed by atoms with van der Waals surface area (Å²) < 4.78 is 34.3. The Balaban J connectivity index is 1.73. The Morgan fingerprint density at radius 1 is 1.35 bits per heavy atom. The Morgan fingerprint density at radius 2 is 2.12 bits per heavy atom. The van der Waals surface area contributed by atoms with Crippen LogP contribution >= 0.6 is 0 Å². The molecule has 5 atom stereocenters. The lowest BCUT2D eigenvalue weighted by Crippen LogP contribution is -2.58. The van der Waals surface area contributed by atoms with Gasteiger partial charge in [0, 0.05) is 24.6 Å². The second kappa shape index (κ2) is 6.01. The number of halogens is 2. The third kappa shape index (κ3) is 2.35. The van der Waals surface area contributed by atoms with E-state index in [-0.39, 0.29) is 28.7 Å². The normalized spacial score (nSPS) is 37.4. The van der Waals surface area contributed by atoms with Crippen LogP contribution in [0.1, 0.15) is 58.1 Å². The zero-order valence-electron chi connectivity index (χ0n) is 15.6. The molecule has 1 amide bonds. The summed E-state index contributed by atoms with van der Waals surface area (Å²) in [6.07, 6.45) is 2.83. The molecule has 1 saturated heterocycles. The van der Waals surface area contributed by atoms with Crippen molar-refractivity contribution in [3.05, 3.63) is 35.4 Å². The molecule has 26 heavy (non-hydrogen) atoms. The number of hydrogen-bond donors (Lipinski definition) is 1. The van der Waals surface area contributed by atoms with Gasteiger partial charge in [0.2, 0.25) is 5.91 Å². The molecule has 3 fully saturated rings. The molecule has 3 nitrogen and oxygen atoms in total. The highest BCUT2D eigenvalue weighted by Gasteiger charge is 2.68. The van der Waals surface area contributed by atoms with E-state index in [1.54, 1.807) is 12.1 Å². The third-order valence-corrected chi connectivity index (χ3v) is 7.42. The van der Waals surface area contributed by atoms with Gasteiger partial charge < -0.3 is 10.1 Å². The van der Waals surface area contributed by atoms with E-state index in [4.69, 9.17) is 4.74 Å². The van der Waals surface area contributed by atoms with Gasteiger partial charge in [-0.25, -0.2) is 8.78 Å². The molecule has 1 heterocycles. The minimum atomic E-state index is -0.829. The first-order chi connectivity index (χ1) is 12.3. The maximum Gasteiger partial charge on any atom is 0.219 e. The summed E-state index contributed by atoms with van der Waals surface area (Å²) in [5, 5.41) is 3.28. The molecule has 1 aromatic rings. The number of ether oxygens (including phenoxy) is 1. The molecule has 5 heteroatoms. The average molecular weight is 363 g/mol. The third-order valence-electron chi connectivity index (χ3n) is 7.42. The lowest BCUT2D eigenvalue weighted by Gasteiger charge is -2.53. The number of amides is 1. The van der Waals surface area contributed by atoms with Crippen LogP contribution in [0.25, 0.3) is 0 Å². The van der Waals surface area contributed by atoms with Crippen LogP contribution in [0.15, 0.2) is 18.2 Å². The summed E-state index contributed by atoms with van der Waals surface area (Å²) in [5.41, 5.74) is 0.227. The molecule has 2 aliphatic carbocycles. The summed E-state index contributed by atoms with van der Waals surface area (Å²) in [4.78, 5) is 12.2. The first-order valence-electron chi connectivity index (χ1n) is 9.66. The van der Waals surface area contributed by atoms with Gasteiger partial charge in [-0.1, -0.05) is 32.9 Å². The second-order valence-electron chi connectivity index (χ2n) is 8.84. The van der Waals surface area contributed by atoms with E-state index in [1.165, 1.54) is 0 Å². The van der Waals surface area contributed by atoms with Gasteiger partial charge in [-0.15, -0.1) is 0 Å². The molecule has 1 spiro atoms. The van der Waals surface area contributed by atoms with Crippen LogP contribution in [0.4, 0.5) is 8.78 Å². The van der Waals surface area contributed by atoms with Crippen LogP contribution < -0.4 is 5.32 Å². The molecular formula is C21H27F2NO2. The van der Waals surface area contributed by atoms with Crippen molar-refractivity contribution in [3.8, 4) is 0 Å². The van der Waals surface area contributed by atoms with E-state index >= 15 is 0 Å². The first-order valence-corrected chi connectivity index (χ1v) is 9.66. The summed E-state index contributed by atoms with van der Waals surface area (Å²) in [5.74, 6) is -1.01. The van der Waals surface area contributed by atoms with Crippen molar-refractivity contribution in [3.63, 3.8) is 0 Å². The topological polar surface area (TPSA) is 38.3 Å². The Hall–Kier alpha value is -1.49. The van der Waals surface area contributed by atoms with E-state index in [0.717, 1.165) is 25.3 Å². The van der Waals surface area contributed by atoms with Crippen molar-refractivity contribution in [2.75, 3.05) is 6.61 Å². The molecule has 3 aliphatic rings. The van der Waals surface area contributed by atoms with Crippen LogP contribution in [-0.2, 0) is 9.53 Å². The SMILES string of the molecule is CCC(=O)N[C@H]1C(C)(C)[C@@H]2C[C@@H]3[C@@H](c4cccc(F)c4F)OCCC31C2. The molecule has 2 bridgehead atoms. The van der Waals surface area contributed by atoms with Crippen LogP contribution in [0.3, 0.4) is 0 Å². The Labute approximate surface area is 153 Å².